The van der Waals surface area contributed by atoms with Gasteiger partial charge in [0.15, 0.2) is 17.0 Å². The Kier molecular flexibility index (Phi) is 6.11. The first kappa shape index (κ1) is 13.4. The lowest BCUT2D eigenvalue weighted by Gasteiger charge is -2.07. The molecule has 0 aliphatic rings. The van der Waals surface area contributed by atoms with Crippen LogP contribution >= 0.6 is 11.6 Å². The Morgan fingerprint density at radius 2 is 2.20 bits per heavy atom. The molecule has 0 aliphatic carbocycles. The van der Waals surface area contributed by atoms with E-state index in [1.165, 1.54) is 0 Å². The fraction of sp³-hybridized carbons (Fsp3) is 0.667. The monoisotopic (exact) mass is 237 g/mol. The number of halogens is 1. The molecule has 0 aromatic heterocycles. The molecule has 5 N–H and O–H groups in total. The Morgan fingerprint density at radius 1 is 1.60 bits per heavy atom. The summed E-state index contributed by atoms with van der Waals surface area (Å²) in [6, 6.07) is -1.02. The van der Waals surface area contributed by atoms with Gasteiger partial charge in [-0.1, -0.05) is 0 Å². The van der Waals surface area contributed by atoms with Gasteiger partial charge in [0, 0.05) is 6.54 Å². The second-order valence-corrected chi connectivity index (χ2v) is 3.06. The molecule has 0 fully saturated rings. The number of hydrazine groups is 1. The zero-order chi connectivity index (χ0) is 11.8. The predicted octanol–water partition coefficient (Wildman–Crippen LogP) is -1.04. The molecule has 0 spiro atoms. The van der Waals surface area contributed by atoms with Gasteiger partial charge in [-0.2, -0.15) is 0 Å². The fourth-order valence-electron chi connectivity index (χ4n) is 0.860. The zero-order valence-corrected chi connectivity index (χ0v) is 8.61. The minimum absolute atomic E-state index is 0.0639. The molecule has 9 heteroatoms. The molecule has 0 saturated carbocycles. The SMILES string of the molecule is NC(N)=NCCC[C@H](N[N+](=O)[O-])C(=O)Cl. The van der Waals surface area contributed by atoms with E-state index in [1.54, 1.807) is 5.43 Å². The maximum atomic E-state index is 10.7. The van der Waals surface area contributed by atoms with Gasteiger partial charge in [-0.3, -0.25) is 9.79 Å². The minimum Gasteiger partial charge on any atom is -0.370 e. The number of nitrogens with zero attached hydrogens (tertiary/aromatic N) is 2. The van der Waals surface area contributed by atoms with Crippen molar-refractivity contribution in [1.29, 1.82) is 0 Å². The van der Waals surface area contributed by atoms with E-state index in [4.69, 9.17) is 23.1 Å². The van der Waals surface area contributed by atoms with Crippen LogP contribution in [0.15, 0.2) is 4.99 Å². The van der Waals surface area contributed by atoms with Crippen LogP contribution in [-0.2, 0) is 4.79 Å². The number of nitrogens with one attached hydrogen (secondary N) is 1. The molecule has 0 unspecified atom stereocenters. The first-order valence-electron chi connectivity index (χ1n) is 4.08. The van der Waals surface area contributed by atoms with Crippen LogP contribution in [0.2, 0.25) is 0 Å². The quantitative estimate of drug-likeness (QED) is 0.129. The van der Waals surface area contributed by atoms with E-state index < -0.39 is 16.3 Å². The van der Waals surface area contributed by atoms with Gasteiger partial charge < -0.3 is 11.5 Å². The van der Waals surface area contributed by atoms with Crippen LogP contribution in [-0.4, -0.2) is 28.8 Å². The van der Waals surface area contributed by atoms with E-state index in [0.717, 1.165) is 0 Å². The summed E-state index contributed by atoms with van der Waals surface area (Å²) in [5, 5.41) is 8.45. The molecule has 0 saturated heterocycles. The van der Waals surface area contributed by atoms with Crippen molar-refractivity contribution in [2.24, 2.45) is 16.5 Å². The molecule has 0 aromatic rings. The van der Waals surface area contributed by atoms with Crippen molar-refractivity contribution in [2.45, 2.75) is 18.9 Å². The highest BCUT2D eigenvalue weighted by Gasteiger charge is 2.19. The van der Waals surface area contributed by atoms with Gasteiger partial charge in [-0.15, -0.1) is 5.43 Å². The maximum absolute atomic E-state index is 10.7. The first-order valence-corrected chi connectivity index (χ1v) is 4.46. The van der Waals surface area contributed by atoms with E-state index in [2.05, 4.69) is 4.99 Å². The van der Waals surface area contributed by atoms with Crippen LogP contribution in [0.4, 0.5) is 0 Å². The molecule has 86 valence electrons. The molecule has 0 radical (unpaired) electrons. The third-order valence-electron chi connectivity index (χ3n) is 1.48. The second-order valence-electron chi connectivity index (χ2n) is 2.69. The second kappa shape index (κ2) is 6.82. The number of carbonyl (C=O) groups is 1. The Hall–Kier alpha value is -1.57. The Labute approximate surface area is 90.8 Å². The average Bonchev–Trinajstić information content (AvgIpc) is 2.08. The van der Waals surface area contributed by atoms with E-state index >= 15 is 0 Å². The molecular formula is C6H12ClN5O3. The summed E-state index contributed by atoms with van der Waals surface area (Å²) < 4.78 is 0. The highest BCUT2D eigenvalue weighted by Crippen LogP contribution is 2.01. The number of hydrogen-bond acceptors (Lipinski definition) is 4. The summed E-state index contributed by atoms with van der Waals surface area (Å²) >= 11 is 5.14. The lowest BCUT2D eigenvalue weighted by molar-refractivity contribution is -0.548. The Balaban J connectivity index is 3.92. The summed E-state index contributed by atoms with van der Waals surface area (Å²) in [4.78, 5) is 24.4. The average molecular weight is 238 g/mol. The molecule has 0 amide bonds. The Bertz CT molecular complexity index is 265. The van der Waals surface area contributed by atoms with Crippen molar-refractivity contribution in [1.82, 2.24) is 5.43 Å². The number of aliphatic imine (C=N–C) groups is 1. The maximum Gasteiger partial charge on any atom is 0.249 e. The summed E-state index contributed by atoms with van der Waals surface area (Å²) in [6.07, 6.45) is 0.613. The van der Waals surface area contributed by atoms with Crippen molar-refractivity contribution >= 4 is 22.8 Å². The number of carbonyl (C=O) groups excluding carboxylic acids is 1. The molecule has 0 rings (SSSR count). The lowest BCUT2D eigenvalue weighted by Crippen LogP contribution is -2.38. The normalized spacial score (nSPS) is 11.5. The Morgan fingerprint density at radius 3 is 2.60 bits per heavy atom. The van der Waals surface area contributed by atoms with Crippen molar-refractivity contribution < 1.29 is 9.83 Å². The lowest BCUT2D eigenvalue weighted by atomic mass is 10.2. The summed E-state index contributed by atoms with van der Waals surface area (Å²) in [7, 11) is 0. The van der Waals surface area contributed by atoms with Crippen LogP contribution < -0.4 is 16.9 Å². The highest BCUT2D eigenvalue weighted by atomic mass is 35.5. The third-order valence-corrected chi connectivity index (χ3v) is 1.74. The summed E-state index contributed by atoms with van der Waals surface area (Å²) in [6.45, 7) is 0.294. The van der Waals surface area contributed by atoms with Crippen molar-refractivity contribution in [3.8, 4) is 0 Å². The topological polar surface area (TPSA) is 137 Å². The standard InChI is InChI=1S/C6H12ClN5O3/c7-5(13)4(11-12(14)15)2-1-3-10-6(8)9/h4,11H,1-3H2,(H4,8,9,10)/t4-/m0/s1. The number of rotatable bonds is 7. The van der Waals surface area contributed by atoms with Gasteiger partial charge in [0.1, 0.15) is 0 Å². The number of nitrogens with two attached hydrogens (primary N) is 2. The molecule has 0 heterocycles. The van der Waals surface area contributed by atoms with Gasteiger partial charge >= 0.3 is 0 Å². The predicted molar refractivity (Wildman–Crippen MR) is 54.7 cm³/mol. The third kappa shape index (κ3) is 7.50. The van der Waals surface area contributed by atoms with E-state index in [1.807, 2.05) is 0 Å². The van der Waals surface area contributed by atoms with Gasteiger partial charge in [0.25, 0.3) is 0 Å². The smallest absolute Gasteiger partial charge is 0.249 e. The van der Waals surface area contributed by atoms with Gasteiger partial charge in [-0.05, 0) is 24.4 Å². The van der Waals surface area contributed by atoms with Crippen molar-refractivity contribution in [2.75, 3.05) is 6.54 Å². The van der Waals surface area contributed by atoms with Crippen molar-refractivity contribution in [3.63, 3.8) is 0 Å². The molecular weight excluding hydrogens is 226 g/mol. The fourth-order valence-corrected chi connectivity index (χ4v) is 1.02. The van der Waals surface area contributed by atoms with Crippen molar-refractivity contribution in [3.05, 3.63) is 10.1 Å². The van der Waals surface area contributed by atoms with Crippen LogP contribution in [0.3, 0.4) is 0 Å². The van der Waals surface area contributed by atoms with Gasteiger partial charge in [0.05, 0.1) is 0 Å². The largest absolute Gasteiger partial charge is 0.370 e. The van der Waals surface area contributed by atoms with E-state index in [0.29, 0.717) is 13.0 Å². The number of nitro groups is 1. The number of hydrogen-bond donors (Lipinski definition) is 3. The molecule has 1 atom stereocenters. The number of guanidine groups is 1. The van der Waals surface area contributed by atoms with E-state index in [9.17, 15) is 14.9 Å². The molecule has 0 aromatic carbocycles. The molecule has 15 heavy (non-hydrogen) atoms. The molecule has 0 aliphatic heterocycles. The molecule has 0 bridgehead atoms. The van der Waals surface area contributed by atoms with Gasteiger partial charge in [-0.25, -0.2) is 10.1 Å². The first-order chi connectivity index (χ1) is 6.93. The minimum atomic E-state index is -1.02. The van der Waals surface area contributed by atoms with E-state index in [-0.39, 0.29) is 12.4 Å². The van der Waals surface area contributed by atoms with Crippen LogP contribution in [0.25, 0.3) is 0 Å². The summed E-state index contributed by atoms with van der Waals surface area (Å²) in [5.41, 5.74) is 11.9. The van der Waals surface area contributed by atoms with Crippen LogP contribution in [0.5, 0.6) is 0 Å². The van der Waals surface area contributed by atoms with Crippen LogP contribution in [0.1, 0.15) is 12.8 Å². The zero-order valence-electron chi connectivity index (χ0n) is 7.85. The van der Waals surface area contributed by atoms with Gasteiger partial charge in [0.2, 0.25) is 5.24 Å². The summed E-state index contributed by atoms with van der Waals surface area (Å²) in [5.74, 6) is -0.0639. The highest BCUT2D eigenvalue weighted by molar-refractivity contribution is 6.64. The van der Waals surface area contributed by atoms with Crippen LogP contribution in [0, 0.1) is 10.1 Å². The molecule has 8 nitrogen and oxygen atoms in total.